The Balaban J connectivity index is 2.54. The minimum Gasteiger partial charge on any atom is -0.271 e. The molecule has 90 valence electrons. The molecular weight excluding hydrogens is 184 g/mol. The van der Waals surface area contributed by atoms with Crippen molar-refractivity contribution in [1.82, 2.24) is 5.43 Å². The van der Waals surface area contributed by atoms with Gasteiger partial charge in [0.05, 0.1) is 0 Å². The fourth-order valence-corrected chi connectivity index (χ4v) is 2.93. The smallest absolute Gasteiger partial charge is 0.0264 e. The molecule has 0 aromatic heterocycles. The Bertz CT molecular complexity index is 181. The van der Waals surface area contributed by atoms with Gasteiger partial charge in [0.2, 0.25) is 0 Å². The molecule has 0 spiro atoms. The van der Waals surface area contributed by atoms with Gasteiger partial charge < -0.3 is 0 Å². The third kappa shape index (κ3) is 3.18. The Hall–Kier alpha value is -0.0800. The molecule has 5 unspecified atom stereocenters. The van der Waals surface area contributed by atoms with Gasteiger partial charge in [0.25, 0.3) is 0 Å². The lowest BCUT2D eigenvalue weighted by atomic mass is 9.71. The summed E-state index contributed by atoms with van der Waals surface area (Å²) in [5.74, 6) is 8.96. The Morgan fingerprint density at radius 3 is 2.40 bits per heavy atom. The first kappa shape index (κ1) is 13.0. The summed E-state index contributed by atoms with van der Waals surface area (Å²) >= 11 is 0. The van der Waals surface area contributed by atoms with Gasteiger partial charge in [-0.15, -0.1) is 0 Å². The molecule has 15 heavy (non-hydrogen) atoms. The molecule has 1 fully saturated rings. The first-order valence-corrected chi connectivity index (χ1v) is 6.56. The maximum atomic E-state index is 5.71. The van der Waals surface area contributed by atoms with Crippen molar-refractivity contribution >= 4 is 0 Å². The van der Waals surface area contributed by atoms with Crippen LogP contribution in [0.15, 0.2) is 0 Å². The number of hydrazine groups is 1. The van der Waals surface area contributed by atoms with E-state index in [1.54, 1.807) is 0 Å². The van der Waals surface area contributed by atoms with Crippen LogP contribution >= 0.6 is 0 Å². The van der Waals surface area contributed by atoms with Crippen molar-refractivity contribution < 1.29 is 0 Å². The second-order valence-electron chi connectivity index (χ2n) is 5.61. The summed E-state index contributed by atoms with van der Waals surface area (Å²) < 4.78 is 0. The molecule has 0 aliphatic heterocycles. The van der Waals surface area contributed by atoms with Crippen LogP contribution in [0.25, 0.3) is 0 Å². The lowest BCUT2D eigenvalue weighted by Gasteiger charge is -2.38. The molecule has 0 bridgehead atoms. The fraction of sp³-hybridized carbons (Fsp3) is 1.00. The molecule has 1 aliphatic rings. The molecule has 1 saturated carbocycles. The van der Waals surface area contributed by atoms with Gasteiger partial charge in [-0.3, -0.25) is 11.3 Å². The van der Waals surface area contributed by atoms with Crippen molar-refractivity contribution in [3.8, 4) is 0 Å². The van der Waals surface area contributed by atoms with Crippen molar-refractivity contribution in [1.29, 1.82) is 0 Å². The van der Waals surface area contributed by atoms with Crippen LogP contribution in [-0.4, -0.2) is 6.04 Å². The lowest BCUT2D eigenvalue weighted by Crippen LogP contribution is -2.47. The number of nitrogens with one attached hydrogen (secondary N) is 1. The zero-order chi connectivity index (χ0) is 11.4. The highest BCUT2D eigenvalue weighted by molar-refractivity contribution is 4.85. The number of hydrogen-bond donors (Lipinski definition) is 2. The molecule has 0 heterocycles. The van der Waals surface area contributed by atoms with Crippen molar-refractivity contribution in [3.63, 3.8) is 0 Å². The van der Waals surface area contributed by atoms with Crippen LogP contribution in [0.3, 0.4) is 0 Å². The number of rotatable bonds is 4. The maximum Gasteiger partial charge on any atom is 0.0264 e. The molecule has 1 aliphatic carbocycles. The molecule has 0 aromatic rings. The van der Waals surface area contributed by atoms with E-state index in [2.05, 4.69) is 33.1 Å². The molecule has 0 saturated heterocycles. The molecule has 1 rings (SSSR count). The van der Waals surface area contributed by atoms with E-state index in [0.717, 1.165) is 17.8 Å². The molecule has 0 aromatic carbocycles. The fourth-order valence-electron chi connectivity index (χ4n) is 2.93. The Labute approximate surface area is 95.0 Å². The molecule has 3 N–H and O–H groups in total. The third-order valence-electron chi connectivity index (χ3n) is 4.60. The third-order valence-corrected chi connectivity index (χ3v) is 4.60. The predicted molar refractivity (Wildman–Crippen MR) is 66.2 cm³/mol. The lowest BCUT2D eigenvalue weighted by molar-refractivity contribution is 0.144. The first-order chi connectivity index (χ1) is 7.10. The summed E-state index contributed by atoms with van der Waals surface area (Å²) in [6.45, 7) is 9.34. The van der Waals surface area contributed by atoms with Gasteiger partial charge in [-0.2, -0.15) is 0 Å². The highest BCUT2D eigenvalue weighted by Gasteiger charge is 2.31. The van der Waals surface area contributed by atoms with Gasteiger partial charge >= 0.3 is 0 Å². The monoisotopic (exact) mass is 212 g/mol. The topological polar surface area (TPSA) is 38.0 Å². The zero-order valence-corrected chi connectivity index (χ0v) is 10.8. The van der Waals surface area contributed by atoms with Crippen LogP contribution in [0.5, 0.6) is 0 Å². The van der Waals surface area contributed by atoms with Gasteiger partial charge in [-0.1, -0.05) is 40.5 Å². The molecule has 0 radical (unpaired) electrons. The number of nitrogens with two attached hydrogens (primary N) is 1. The van der Waals surface area contributed by atoms with Gasteiger partial charge in [-0.25, -0.2) is 0 Å². The van der Waals surface area contributed by atoms with Crippen LogP contribution in [0.2, 0.25) is 0 Å². The number of hydrogen-bond acceptors (Lipinski definition) is 2. The summed E-state index contributed by atoms with van der Waals surface area (Å²) in [4.78, 5) is 0. The molecule has 0 amide bonds. The van der Waals surface area contributed by atoms with Crippen LogP contribution in [0.1, 0.15) is 53.4 Å². The molecule has 5 atom stereocenters. The first-order valence-electron chi connectivity index (χ1n) is 6.56. The van der Waals surface area contributed by atoms with Crippen LogP contribution in [-0.2, 0) is 0 Å². The van der Waals surface area contributed by atoms with E-state index in [4.69, 9.17) is 5.84 Å². The summed E-state index contributed by atoms with van der Waals surface area (Å²) in [6.07, 6.45) is 5.29. The SMILES string of the molecule is CCC(C)C(NN)C1CCC(C)C(C)C1. The Morgan fingerprint density at radius 2 is 1.93 bits per heavy atom. The summed E-state index contributed by atoms with van der Waals surface area (Å²) in [6, 6.07) is 0.518. The highest BCUT2D eigenvalue weighted by Crippen LogP contribution is 2.36. The van der Waals surface area contributed by atoms with Gasteiger partial charge in [0.1, 0.15) is 0 Å². The van der Waals surface area contributed by atoms with Gasteiger partial charge in [0, 0.05) is 6.04 Å². The average Bonchev–Trinajstić information content (AvgIpc) is 2.24. The normalized spacial score (nSPS) is 36.2. The predicted octanol–water partition coefficient (Wildman–Crippen LogP) is 2.94. The van der Waals surface area contributed by atoms with Crippen molar-refractivity contribution in [2.45, 2.75) is 59.4 Å². The quantitative estimate of drug-likeness (QED) is 0.555. The summed E-state index contributed by atoms with van der Waals surface area (Å²) in [5, 5.41) is 0. The minimum atomic E-state index is 0.518. The second kappa shape index (κ2) is 5.86. The van der Waals surface area contributed by atoms with E-state index in [0.29, 0.717) is 12.0 Å². The van der Waals surface area contributed by atoms with E-state index in [1.807, 2.05) is 0 Å². The Kier molecular flexibility index (Phi) is 5.07. The van der Waals surface area contributed by atoms with E-state index in [9.17, 15) is 0 Å². The summed E-state index contributed by atoms with van der Waals surface area (Å²) in [5.41, 5.74) is 3.06. The second-order valence-corrected chi connectivity index (χ2v) is 5.61. The zero-order valence-electron chi connectivity index (χ0n) is 10.8. The highest BCUT2D eigenvalue weighted by atomic mass is 15.2. The van der Waals surface area contributed by atoms with E-state index >= 15 is 0 Å². The molecule has 2 heteroatoms. The van der Waals surface area contributed by atoms with Crippen LogP contribution < -0.4 is 11.3 Å². The van der Waals surface area contributed by atoms with E-state index in [-0.39, 0.29) is 0 Å². The maximum absolute atomic E-state index is 5.71. The van der Waals surface area contributed by atoms with Crippen LogP contribution in [0.4, 0.5) is 0 Å². The van der Waals surface area contributed by atoms with Gasteiger partial charge in [-0.05, 0) is 36.5 Å². The average molecular weight is 212 g/mol. The van der Waals surface area contributed by atoms with E-state index < -0.39 is 0 Å². The minimum absolute atomic E-state index is 0.518. The summed E-state index contributed by atoms with van der Waals surface area (Å²) in [7, 11) is 0. The molecular formula is C13H28N2. The Morgan fingerprint density at radius 1 is 1.27 bits per heavy atom. The van der Waals surface area contributed by atoms with Crippen molar-refractivity contribution in [2.75, 3.05) is 0 Å². The van der Waals surface area contributed by atoms with Crippen LogP contribution in [0, 0.1) is 23.7 Å². The standard InChI is InChI=1S/C13H28N2/c1-5-9(2)13(15-14)12-7-6-10(3)11(4)8-12/h9-13,15H,5-8,14H2,1-4H3. The molecule has 2 nitrogen and oxygen atoms in total. The van der Waals surface area contributed by atoms with E-state index in [1.165, 1.54) is 25.7 Å². The largest absolute Gasteiger partial charge is 0.271 e. The van der Waals surface area contributed by atoms with Crippen molar-refractivity contribution in [2.24, 2.45) is 29.5 Å². The van der Waals surface area contributed by atoms with Gasteiger partial charge in [0.15, 0.2) is 0 Å². The van der Waals surface area contributed by atoms with Crippen molar-refractivity contribution in [3.05, 3.63) is 0 Å².